The van der Waals surface area contributed by atoms with Gasteiger partial charge in [0, 0.05) is 12.6 Å². The van der Waals surface area contributed by atoms with Crippen LogP contribution in [0.25, 0.3) is 0 Å². The van der Waals surface area contributed by atoms with Gasteiger partial charge in [0.05, 0.1) is 0 Å². The predicted molar refractivity (Wildman–Crippen MR) is 54.4 cm³/mol. The van der Waals surface area contributed by atoms with E-state index in [0.29, 0.717) is 12.0 Å². The highest BCUT2D eigenvalue weighted by Crippen LogP contribution is 2.21. The Morgan fingerprint density at radius 3 is 2.69 bits per heavy atom. The van der Waals surface area contributed by atoms with E-state index in [1.807, 2.05) is 17.9 Å². The van der Waals surface area contributed by atoms with E-state index in [0.717, 1.165) is 13.0 Å². The van der Waals surface area contributed by atoms with Gasteiger partial charge in [-0.25, -0.2) is 0 Å². The maximum Gasteiger partial charge on any atom is 0.246 e. The van der Waals surface area contributed by atoms with Gasteiger partial charge in [-0.15, -0.1) is 0 Å². The highest BCUT2D eigenvalue weighted by molar-refractivity contribution is 5.87. The van der Waals surface area contributed by atoms with Crippen molar-refractivity contribution in [1.29, 1.82) is 0 Å². The Balaban J connectivity index is 2.60. The van der Waals surface area contributed by atoms with Crippen molar-refractivity contribution in [1.82, 2.24) is 4.90 Å². The van der Waals surface area contributed by atoms with Gasteiger partial charge in [0.25, 0.3) is 0 Å². The van der Waals surface area contributed by atoms with Crippen LogP contribution in [0.4, 0.5) is 0 Å². The van der Waals surface area contributed by atoms with Crippen molar-refractivity contribution in [3.05, 3.63) is 12.2 Å². The first kappa shape index (κ1) is 10.3. The average Bonchev–Trinajstić information content (AvgIpc) is 2.09. The fourth-order valence-corrected chi connectivity index (χ4v) is 1.83. The number of allylic oxidation sites excluding steroid dienone is 1. The molecule has 13 heavy (non-hydrogen) atoms. The Morgan fingerprint density at radius 2 is 2.08 bits per heavy atom. The number of carbonyl (C=O) groups excluding carboxylic acids is 1. The second kappa shape index (κ2) is 4.45. The van der Waals surface area contributed by atoms with Crippen molar-refractivity contribution in [3.8, 4) is 0 Å². The van der Waals surface area contributed by atoms with Gasteiger partial charge in [-0.3, -0.25) is 4.79 Å². The molecule has 1 saturated heterocycles. The second-order valence-corrected chi connectivity index (χ2v) is 4.02. The lowest BCUT2D eigenvalue weighted by Crippen LogP contribution is -2.44. The fourth-order valence-electron chi connectivity index (χ4n) is 1.83. The van der Waals surface area contributed by atoms with E-state index in [9.17, 15) is 4.79 Å². The molecule has 2 nitrogen and oxygen atoms in total. The SMILES string of the molecule is CC=CC(=O)N1CC(C)CCC1C. The predicted octanol–water partition coefficient (Wildman–Crippen LogP) is 2.21. The summed E-state index contributed by atoms with van der Waals surface area (Å²) in [4.78, 5) is 13.6. The number of nitrogens with zero attached hydrogens (tertiary/aromatic N) is 1. The Hall–Kier alpha value is -0.790. The van der Waals surface area contributed by atoms with Crippen LogP contribution in [0.5, 0.6) is 0 Å². The van der Waals surface area contributed by atoms with Crippen LogP contribution in [0.1, 0.15) is 33.6 Å². The molecule has 1 rings (SSSR count). The first-order chi connectivity index (χ1) is 6.15. The zero-order chi connectivity index (χ0) is 9.84. The molecule has 2 heteroatoms. The Bertz CT molecular complexity index is 210. The molecule has 0 saturated carbocycles. The van der Waals surface area contributed by atoms with Gasteiger partial charge in [-0.1, -0.05) is 13.0 Å². The summed E-state index contributed by atoms with van der Waals surface area (Å²) in [6, 6.07) is 0.417. The summed E-state index contributed by atoms with van der Waals surface area (Å²) in [6.07, 6.45) is 5.87. The van der Waals surface area contributed by atoms with Gasteiger partial charge in [0.2, 0.25) is 5.91 Å². The third-order valence-electron chi connectivity index (χ3n) is 2.71. The second-order valence-electron chi connectivity index (χ2n) is 4.02. The summed E-state index contributed by atoms with van der Waals surface area (Å²) >= 11 is 0. The van der Waals surface area contributed by atoms with Gasteiger partial charge in [0.1, 0.15) is 0 Å². The van der Waals surface area contributed by atoms with Gasteiger partial charge in [-0.2, -0.15) is 0 Å². The zero-order valence-electron chi connectivity index (χ0n) is 8.79. The first-order valence-corrected chi connectivity index (χ1v) is 5.08. The fraction of sp³-hybridized carbons (Fsp3) is 0.727. The van der Waals surface area contributed by atoms with Crippen molar-refractivity contribution >= 4 is 5.91 Å². The summed E-state index contributed by atoms with van der Waals surface area (Å²) in [5.74, 6) is 0.826. The number of amides is 1. The van der Waals surface area contributed by atoms with Crippen LogP contribution >= 0.6 is 0 Å². The van der Waals surface area contributed by atoms with E-state index in [2.05, 4.69) is 13.8 Å². The van der Waals surface area contributed by atoms with Crippen LogP contribution in [0.15, 0.2) is 12.2 Å². The number of hydrogen-bond acceptors (Lipinski definition) is 1. The lowest BCUT2D eigenvalue weighted by atomic mass is 9.95. The molecule has 1 aliphatic rings. The molecule has 2 unspecified atom stereocenters. The molecule has 0 N–H and O–H groups in total. The summed E-state index contributed by atoms with van der Waals surface area (Å²) in [7, 11) is 0. The molecular formula is C11H19NO. The monoisotopic (exact) mass is 181 g/mol. The standard InChI is InChI=1S/C11H19NO/c1-4-5-11(13)12-8-9(2)6-7-10(12)3/h4-5,9-10H,6-8H2,1-3H3. The minimum absolute atomic E-state index is 0.168. The minimum Gasteiger partial charge on any atom is -0.336 e. The number of rotatable bonds is 1. The lowest BCUT2D eigenvalue weighted by Gasteiger charge is -2.36. The van der Waals surface area contributed by atoms with Crippen molar-refractivity contribution in [2.75, 3.05) is 6.54 Å². The highest BCUT2D eigenvalue weighted by Gasteiger charge is 2.24. The summed E-state index contributed by atoms with van der Waals surface area (Å²) in [6.45, 7) is 7.15. The molecule has 74 valence electrons. The van der Waals surface area contributed by atoms with E-state index >= 15 is 0 Å². The molecule has 0 aromatic carbocycles. The number of carbonyl (C=O) groups is 1. The maximum atomic E-state index is 11.6. The van der Waals surface area contributed by atoms with E-state index in [1.54, 1.807) is 6.08 Å². The number of likely N-dealkylation sites (tertiary alicyclic amines) is 1. The van der Waals surface area contributed by atoms with E-state index in [4.69, 9.17) is 0 Å². The van der Waals surface area contributed by atoms with Gasteiger partial charge in [0.15, 0.2) is 0 Å². The molecule has 1 aliphatic heterocycles. The first-order valence-electron chi connectivity index (χ1n) is 5.08. The molecule has 0 bridgehead atoms. The topological polar surface area (TPSA) is 20.3 Å². The van der Waals surface area contributed by atoms with Crippen molar-refractivity contribution < 1.29 is 4.79 Å². The normalized spacial score (nSPS) is 29.6. The highest BCUT2D eigenvalue weighted by atomic mass is 16.2. The third-order valence-corrected chi connectivity index (χ3v) is 2.71. The van der Waals surface area contributed by atoms with Gasteiger partial charge in [-0.05, 0) is 38.7 Å². The summed E-state index contributed by atoms with van der Waals surface area (Å²) < 4.78 is 0. The largest absolute Gasteiger partial charge is 0.336 e. The molecule has 0 spiro atoms. The smallest absolute Gasteiger partial charge is 0.246 e. The van der Waals surface area contributed by atoms with E-state index in [-0.39, 0.29) is 5.91 Å². The Kier molecular flexibility index (Phi) is 3.52. The molecule has 1 amide bonds. The molecule has 0 aromatic heterocycles. The van der Waals surface area contributed by atoms with Gasteiger partial charge < -0.3 is 4.90 Å². The van der Waals surface area contributed by atoms with Crippen LogP contribution in [-0.2, 0) is 4.79 Å². The quantitative estimate of drug-likeness (QED) is 0.568. The third kappa shape index (κ3) is 2.58. The number of hydrogen-bond donors (Lipinski definition) is 0. The Labute approximate surface area is 80.6 Å². The van der Waals surface area contributed by atoms with E-state index in [1.165, 1.54) is 6.42 Å². The molecule has 0 aliphatic carbocycles. The summed E-state index contributed by atoms with van der Waals surface area (Å²) in [5, 5.41) is 0. The van der Waals surface area contributed by atoms with Crippen molar-refractivity contribution in [2.24, 2.45) is 5.92 Å². The Morgan fingerprint density at radius 1 is 1.38 bits per heavy atom. The van der Waals surface area contributed by atoms with Crippen LogP contribution in [-0.4, -0.2) is 23.4 Å². The van der Waals surface area contributed by atoms with Crippen LogP contribution in [0.3, 0.4) is 0 Å². The molecule has 0 aromatic rings. The van der Waals surface area contributed by atoms with Crippen LogP contribution in [0, 0.1) is 5.92 Å². The maximum absolute atomic E-state index is 11.6. The van der Waals surface area contributed by atoms with Crippen LogP contribution in [0.2, 0.25) is 0 Å². The molecule has 0 radical (unpaired) electrons. The van der Waals surface area contributed by atoms with Crippen LogP contribution < -0.4 is 0 Å². The summed E-state index contributed by atoms with van der Waals surface area (Å²) in [5.41, 5.74) is 0. The lowest BCUT2D eigenvalue weighted by molar-refractivity contribution is -0.130. The molecule has 1 heterocycles. The number of piperidine rings is 1. The van der Waals surface area contributed by atoms with E-state index < -0.39 is 0 Å². The molecular weight excluding hydrogens is 162 g/mol. The molecule has 1 fully saturated rings. The van der Waals surface area contributed by atoms with Gasteiger partial charge >= 0.3 is 0 Å². The van der Waals surface area contributed by atoms with Crippen molar-refractivity contribution in [3.63, 3.8) is 0 Å². The molecule has 2 atom stereocenters. The zero-order valence-corrected chi connectivity index (χ0v) is 8.79. The van der Waals surface area contributed by atoms with Crippen molar-refractivity contribution in [2.45, 2.75) is 39.7 Å². The average molecular weight is 181 g/mol. The minimum atomic E-state index is 0.168.